The van der Waals surface area contributed by atoms with Gasteiger partial charge in [0.2, 0.25) is 5.91 Å². The molecule has 1 aromatic heterocycles. The molecule has 0 aliphatic heterocycles. The topological polar surface area (TPSA) is 80.9 Å². The molecule has 0 saturated carbocycles. The highest BCUT2D eigenvalue weighted by Gasteiger charge is 2.13. The Balaban J connectivity index is 1.64. The molecule has 0 aliphatic carbocycles. The van der Waals surface area contributed by atoms with Crippen LogP contribution in [-0.2, 0) is 16.0 Å². The Morgan fingerprint density at radius 1 is 1.10 bits per heavy atom. The van der Waals surface area contributed by atoms with Crippen molar-refractivity contribution in [3.63, 3.8) is 0 Å². The van der Waals surface area contributed by atoms with Crippen molar-refractivity contribution < 1.29 is 18.7 Å². The zero-order valence-corrected chi connectivity index (χ0v) is 17.6. The lowest BCUT2D eigenvalue weighted by Crippen LogP contribution is -2.19. The molecule has 0 aliphatic rings. The average Bonchev–Trinajstić information content (AvgIpc) is 3.19. The standard InChI is InChI=1S/C23H21ClN2O4/c1-14-4-5-16(10-15(14)2)11-22(27)26-25-13-18-7-9-21(30-18)17-6-8-20(24)19(12-17)23(28)29-3/h4-10,12-13H,11H2,1-3H3,(H,26,27). The molecule has 1 heterocycles. The number of nitrogens with zero attached hydrogens (tertiary/aromatic N) is 1. The van der Waals surface area contributed by atoms with Crippen molar-refractivity contribution in [3.05, 3.63) is 81.6 Å². The predicted octanol–water partition coefficient (Wildman–Crippen LogP) is 4.70. The summed E-state index contributed by atoms with van der Waals surface area (Å²) in [7, 11) is 1.29. The number of hydrazone groups is 1. The van der Waals surface area contributed by atoms with Gasteiger partial charge < -0.3 is 9.15 Å². The van der Waals surface area contributed by atoms with Crippen LogP contribution in [0.1, 0.15) is 32.8 Å². The zero-order valence-electron chi connectivity index (χ0n) is 16.9. The molecule has 154 valence electrons. The Hall–Kier alpha value is -3.38. The van der Waals surface area contributed by atoms with Gasteiger partial charge in [0.1, 0.15) is 11.5 Å². The van der Waals surface area contributed by atoms with Crippen LogP contribution in [0.5, 0.6) is 0 Å². The molecule has 0 saturated heterocycles. The fourth-order valence-corrected chi connectivity index (χ4v) is 3.02. The third-order valence-corrected chi connectivity index (χ3v) is 4.93. The molecule has 1 N–H and O–H groups in total. The van der Waals surface area contributed by atoms with Crippen LogP contribution in [0.2, 0.25) is 5.02 Å². The fourth-order valence-electron chi connectivity index (χ4n) is 2.83. The van der Waals surface area contributed by atoms with Gasteiger partial charge in [0.05, 0.1) is 30.3 Å². The van der Waals surface area contributed by atoms with Crippen molar-refractivity contribution >= 4 is 29.7 Å². The minimum atomic E-state index is -0.526. The van der Waals surface area contributed by atoms with E-state index in [-0.39, 0.29) is 17.9 Å². The maximum atomic E-state index is 12.1. The van der Waals surface area contributed by atoms with E-state index in [0.717, 1.165) is 11.1 Å². The molecule has 7 heteroatoms. The van der Waals surface area contributed by atoms with Gasteiger partial charge in [-0.2, -0.15) is 5.10 Å². The summed E-state index contributed by atoms with van der Waals surface area (Å²) >= 11 is 6.04. The van der Waals surface area contributed by atoms with Crippen LogP contribution in [-0.4, -0.2) is 25.2 Å². The van der Waals surface area contributed by atoms with Crippen molar-refractivity contribution in [1.82, 2.24) is 5.43 Å². The van der Waals surface area contributed by atoms with Crippen molar-refractivity contribution in [2.45, 2.75) is 20.3 Å². The summed E-state index contributed by atoms with van der Waals surface area (Å²) in [5.74, 6) is 0.231. The number of methoxy groups -OCH3 is 1. The van der Waals surface area contributed by atoms with Crippen LogP contribution in [0.25, 0.3) is 11.3 Å². The lowest BCUT2D eigenvalue weighted by molar-refractivity contribution is -0.120. The van der Waals surface area contributed by atoms with E-state index >= 15 is 0 Å². The highest BCUT2D eigenvalue weighted by atomic mass is 35.5. The number of hydrogen-bond acceptors (Lipinski definition) is 5. The van der Waals surface area contributed by atoms with Crippen molar-refractivity contribution in [3.8, 4) is 11.3 Å². The monoisotopic (exact) mass is 424 g/mol. The van der Waals surface area contributed by atoms with Crippen LogP contribution in [0, 0.1) is 13.8 Å². The van der Waals surface area contributed by atoms with Gasteiger partial charge in [-0.15, -0.1) is 0 Å². The number of benzene rings is 2. The summed E-state index contributed by atoms with van der Waals surface area (Å²) in [5.41, 5.74) is 6.67. The van der Waals surface area contributed by atoms with Gasteiger partial charge in [-0.3, -0.25) is 4.79 Å². The van der Waals surface area contributed by atoms with Gasteiger partial charge in [0.25, 0.3) is 0 Å². The Labute approximate surface area is 179 Å². The first kappa shape index (κ1) is 21.3. The van der Waals surface area contributed by atoms with Gasteiger partial charge >= 0.3 is 5.97 Å². The maximum Gasteiger partial charge on any atom is 0.339 e. The van der Waals surface area contributed by atoms with Gasteiger partial charge in [0.15, 0.2) is 0 Å². The SMILES string of the molecule is COC(=O)c1cc(-c2ccc(C=NNC(=O)Cc3ccc(C)c(C)c3)o2)ccc1Cl. The predicted molar refractivity (Wildman–Crippen MR) is 116 cm³/mol. The first-order valence-electron chi connectivity index (χ1n) is 9.23. The second-order valence-electron chi connectivity index (χ2n) is 6.78. The van der Waals surface area contributed by atoms with E-state index in [1.807, 2.05) is 32.0 Å². The number of rotatable bonds is 6. The second kappa shape index (κ2) is 9.41. The lowest BCUT2D eigenvalue weighted by atomic mass is 10.0. The highest BCUT2D eigenvalue weighted by molar-refractivity contribution is 6.33. The quantitative estimate of drug-likeness (QED) is 0.353. The van der Waals surface area contributed by atoms with Crippen LogP contribution in [0.3, 0.4) is 0 Å². The van der Waals surface area contributed by atoms with E-state index in [4.69, 9.17) is 20.8 Å². The lowest BCUT2D eigenvalue weighted by Gasteiger charge is -2.04. The van der Waals surface area contributed by atoms with Crippen LogP contribution >= 0.6 is 11.6 Å². The maximum absolute atomic E-state index is 12.1. The molecule has 0 unspecified atom stereocenters. The molecule has 30 heavy (non-hydrogen) atoms. The molecule has 0 atom stereocenters. The van der Waals surface area contributed by atoms with E-state index in [0.29, 0.717) is 22.1 Å². The van der Waals surface area contributed by atoms with Crippen molar-refractivity contribution in [2.24, 2.45) is 5.10 Å². The summed E-state index contributed by atoms with van der Waals surface area (Å²) in [4.78, 5) is 23.9. The van der Waals surface area contributed by atoms with E-state index in [2.05, 4.69) is 10.5 Å². The Morgan fingerprint density at radius 3 is 2.63 bits per heavy atom. The average molecular weight is 425 g/mol. The Kier molecular flexibility index (Phi) is 6.69. The normalized spacial score (nSPS) is 10.9. The van der Waals surface area contributed by atoms with Gasteiger partial charge in [-0.25, -0.2) is 10.2 Å². The molecule has 2 aromatic carbocycles. The first-order chi connectivity index (χ1) is 14.4. The van der Waals surface area contributed by atoms with Crippen LogP contribution < -0.4 is 5.43 Å². The summed E-state index contributed by atoms with van der Waals surface area (Å²) in [6, 6.07) is 14.3. The molecule has 0 spiro atoms. The second-order valence-corrected chi connectivity index (χ2v) is 7.18. The minimum Gasteiger partial charge on any atom is -0.465 e. The number of ether oxygens (including phenoxy) is 1. The number of halogens is 1. The van der Waals surface area contributed by atoms with Crippen LogP contribution in [0.15, 0.2) is 58.0 Å². The smallest absolute Gasteiger partial charge is 0.339 e. The molecule has 0 fully saturated rings. The summed E-state index contributed by atoms with van der Waals surface area (Å²) in [6.45, 7) is 4.04. The number of carbonyl (C=O) groups is 2. The summed E-state index contributed by atoms with van der Waals surface area (Å²) in [5, 5.41) is 4.24. The number of furan rings is 1. The largest absolute Gasteiger partial charge is 0.465 e. The van der Waals surface area contributed by atoms with E-state index in [9.17, 15) is 9.59 Å². The Morgan fingerprint density at radius 2 is 1.90 bits per heavy atom. The number of hydrogen-bond donors (Lipinski definition) is 1. The fraction of sp³-hybridized carbons (Fsp3) is 0.174. The molecule has 3 rings (SSSR count). The number of carbonyl (C=O) groups excluding carboxylic acids is 2. The molecular weight excluding hydrogens is 404 g/mol. The van der Waals surface area contributed by atoms with Gasteiger partial charge in [0, 0.05) is 5.56 Å². The molecule has 0 radical (unpaired) electrons. The third-order valence-electron chi connectivity index (χ3n) is 4.60. The first-order valence-corrected chi connectivity index (χ1v) is 9.61. The molecule has 6 nitrogen and oxygen atoms in total. The van der Waals surface area contributed by atoms with E-state index < -0.39 is 5.97 Å². The molecule has 1 amide bonds. The van der Waals surface area contributed by atoms with Gasteiger partial charge in [-0.05, 0) is 60.9 Å². The highest BCUT2D eigenvalue weighted by Crippen LogP contribution is 2.27. The number of aryl methyl sites for hydroxylation is 2. The Bertz CT molecular complexity index is 1120. The van der Waals surface area contributed by atoms with Crippen molar-refractivity contribution in [2.75, 3.05) is 7.11 Å². The zero-order chi connectivity index (χ0) is 21.7. The van der Waals surface area contributed by atoms with Crippen LogP contribution in [0.4, 0.5) is 0 Å². The third kappa shape index (κ3) is 5.15. The van der Waals surface area contributed by atoms with Crippen molar-refractivity contribution in [1.29, 1.82) is 0 Å². The number of nitrogens with one attached hydrogen (secondary N) is 1. The van der Waals surface area contributed by atoms with E-state index in [1.54, 1.807) is 30.3 Å². The van der Waals surface area contributed by atoms with Gasteiger partial charge in [-0.1, -0.05) is 29.8 Å². The summed E-state index contributed by atoms with van der Waals surface area (Å²) in [6.07, 6.45) is 1.65. The minimum absolute atomic E-state index is 0.221. The van der Waals surface area contributed by atoms with E-state index in [1.165, 1.54) is 18.9 Å². The molecule has 0 bridgehead atoms. The number of amides is 1. The molecule has 3 aromatic rings. The summed E-state index contributed by atoms with van der Waals surface area (Å²) < 4.78 is 10.4. The molecular formula is C23H21ClN2O4. The number of esters is 1.